The van der Waals surface area contributed by atoms with Gasteiger partial charge in [-0.1, -0.05) is 6.07 Å². The molecule has 14 heteroatoms. The number of hydrogen-bond acceptors (Lipinski definition) is 6. The molecule has 0 radical (unpaired) electrons. The molecule has 1 aliphatic rings. The summed E-state index contributed by atoms with van der Waals surface area (Å²) in [6.45, 7) is 2.20. The van der Waals surface area contributed by atoms with Gasteiger partial charge in [0.05, 0.1) is 16.5 Å². The molecule has 0 spiro atoms. The van der Waals surface area contributed by atoms with Gasteiger partial charge in [-0.3, -0.25) is 15.0 Å². The fourth-order valence-corrected chi connectivity index (χ4v) is 5.38. The number of rotatable bonds is 8. The maximum atomic E-state index is 13.8. The monoisotopic (exact) mass is 540 g/mol. The van der Waals surface area contributed by atoms with Gasteiger partial charge in [-0.2, -0.15) is 17.5 Å². The van der Waals surface area contributed by atoms with Crippen LogP contribution >= 0.6 is 0 Å². The van der Waals surface area contributed by atoms with Crippen molar-refractivity contribution in [3.8, 4) is 0 Å². The predicted octanol–water partition coefficient (Wildman–Crippen LogP) is 1.79. The number of benzene rings is 2. The third-order valence-electron chi connectivity index (χ3n) is 5.68. The first kappa shape index (κ1) is 28.1. The van der Waals surface area contributed by atoms with Crippen molar-refractivity contribution in [2.24, 2.45) is 5.73 Å². The number of alkyl halides is 3. The largest absolute Gasteiger partial charge is 0.417 e. The zero-order valence-electron chi connectivity index (χ0n) is 19.9. The van der Waals surface area contributed by atoms with Gasteiger partial charge >= 0.3 is 6.18 Å². The van der Waals surface area contributed by atoms with Gasteiger partial charge in [0.25, 0.3) is 0 Å². The first-order valence-corrected chi connectivity index (χ1v) is 12.7. The Morgan fingerprint density at radius 1 is 1.11 bits per heavy atom. The molecule has 3 rings (SSSR count). The lowest BCUT2D eigenvalue weighted by Crippen LogP contribution is -2.46. The van der Waals surface area contributed by atoms with E-state index in [4.69, 9.17) is 11.1 Å². The highest BCUT2D eigenvalue weighted by Gasteiger charge is 2.40. The van der Waals surface area contributed by atoms with Crippen LogP contribution in [0.1, 0.15) is 36.1 Å². The second-order valence-electron chi connectivity index (χ2n) is 8.41. The minimum absolute atomic E-state index is 0.0279. The number of nitrogens with zero attached hydrogens (tertiary/aromatic N) is 1. The number of carbonyl (C=O) groups is 2. The maximum Gasteiger partial charge on any atom is 0.417 e. The van der Waals surface area contributed by atoms with Crippen LogP contribution in [0.4, 0.5) is 18.9 Å². The number of amidine groups is 1. The molecule has 1 fully saturated rings. The van der Waals surface area contributed by atoms with Crippen molar-refractivity contribution < 1.29 is 31.2 Å². The summed E-state index contributed by atoms with van der Waals surface area (Å²) < 4.78 is 68.4. The van der Waals surface area contributed by atoms with Crippen LogP contribution in [0.2, 0.25) is 0 Å². The third kappa shape index (κ3) is 7.05. The number of amides is 2. The summed E-state index contributed by atoms with van der Waals surface area (Å²) in [6.07, 6.45) is -5.55. The van der Waals surface area contributed by atoms with Crippen molar-refractivity contribution in [2.75, 3.05) is 31.5 Å². The molecule has 1 atom stereocenters. The lowest BCUT2D eigenvalue weighted by atomic mass is 10.0. The molecule has 2 aromatic carbocycles. The Kier molecular flexibility index (Phi) is 8.56. The Bertz CT molecular complexity index is 1280. The molecule has 0 aliphatic carbocycles. The van der Waals surface area contributed by atoms with Crippen LogP contribution in [0.25, 0.3) is 0 Å². The summed E-state index contributed by atoms with van der Waals surface area (Å²) in [6, 6.07) is 7.92. The molecule has 2 amide bonds. The summed E-state index contributed by atoms with van der Waals surface area (Å²) in [5, 5.41) is 15.3. The van der Waals surface area contributed by atoms with E-state index in [1.165, 1.54) is 37.3 Å². The fraction of sp³-hybridized carbons (Fsp3) is 0.348. The van der Waals surface area contributed by atoms with E-state index in [0.29, 0.717) is 30.4 Å². The van der Waals surface area contributed by atoms with Gasteiger partial charge in [-0.15, -0.1) is 0 Å². The number of anilines is 1. The highest BCUT2D eigenvalue weighted by Crippen LogP contribution is 2.37. The molecule has 0 aromatic heterocycles. The van der Waals surface area contributed by atoms with E-state index in [2.05, 4.69) is 16.0 Å². The first-order valence-electron chi connectivity index (χ1n) is 11.2. The summed E-state index contributed by atoms with van der Waals surface area (Å²) >= 11 is 0. The Labute approximate surface area is 212 Å². The molecular weight excluding hydrogens is 513 g/mol. The lowest BCUT2D eigenvalue weighted by molar-refractivity contribution is -0.140. The van der Waals surface area contributed by atoms with Crippen LogP contribution in [0, 0.1) is 5.41 Å². The number of nitrogen functional groups attached to an aromatic ring is 1. The third-order valence-corrected chi connectivity index (χ3v) is 7.64. The molecule has 37 heavy (non-hydrogen) atoms. The zero-order valence-corrected chi connectivity index (χ0v) is 20.7. The quantitative estimate of drug-likeness (QED) is 0.195. The van der Waals surface area contributed by atoms with Gasteiger partial charge in [0.2, 0.25) is 21.8 Å². The predicted molar refractivity (Wildman–Crippen MR) is 130 cm³/mol. The Morgan fingerprint density at radius 2 is 1.73 bits per heavy atom. The van der Waals surface area contributed by atoms with Crippen LogP contribution in [0.5, 0.6) is 0 Å². The van der Waals surface area contributed by atoms with Crippen molar-refractivity contribution in [1.82, 2.24) is 14.9 Å². The van der Waals surface area contributed by atoms with E-state index in [-0.39, 0.29) is 24.5 Å². The van der Waals surface area contributed by atoms with Gasteiger partial charge in [0, 0.05) is 37.4 Å². The summed E-state index contributed by atoms with van der Waals surface area (Å²) in [5.74, 6) is -1.54. The minimum atomic E-state index is -4.95. The topological polar surface area (TPSA) is 157 Å². The molecule has 10 nitrogen and oxygen atoms in total. The molecule has 1 aliphatic heterocycles. The molecular formula is C23H27F3N6O4S. The molecule has 0 saturated carbocycles. The van der Waals surface area contributed by atoms with Crippen LogP contribution < -0.4 is 21.7 Å². The van der Waals surface area contributed by atoms with Crippen molar-refractivity contribution in [2.45, 2.75) is 30.5 Å². The zero-order chi connectivity index (χ0) is 27.4. The highest BCUT2D eigenvalue weighted by atomic mass is 32.2. The van der Waals surface area contributed by atoms with E-state index in [9.17, 15) is 31.2 Å². The average Bonchev–Trinajstić information content (AvgIpc) is 2.83. The van der Waals surface area contributed by atoms with Crippen LogP contribution in [-0.2, 0) is 25.8 Å². The smallest absolute Gasteiger partial charge is 0.384 e. The number of nitrogens with two attached hydrogens (primary N) is 1. The Hall–Kier alpha value is -3.49. The fourth-order valence-electron chi connectivity index (χ4n) is 3.75. The number of sulfonamides is 1. The maximum absolute atomic E-state index is 13.8. The molecule has 1 heterocycles. The average molecular weight is 541 g/mol. The van der Waals surface area contributed by atoms with E-state index in [0.717, 1.165) is 10.4 Å². The van der Waals surface area contributed by atoms with Crippen LogP contribution in [0.15, 0.2) is 47.4 Å². The van der Waals surface area contributed by atoms with Gasteiger partial charge in [0.15, 0.2) is 0 Å². The van der Waals surface area contributed by atoms with Crippen LogP contribution in [-0.4, -0.2) is 56.6 Å². The normalized spacial score (nSPS) is 15.6. The lowest BCUT2D eigenvalue weighted by Gasteiger charge is -2.28. The standard InChI is InChI=1S/C23H27F3N6O4S/c1-14(30-20(33)13-21(34)31-17-5-2-15(3-6-17)22(27)28)16-4-7-19(18(12-16)23(24,25)26)37(35,36)32-10-8-29-9-11-32/h2-7,12,14,29H,8-11,13H2,1H3,(H3,27,28)(H,30,33)(H,31,34). The number of nitrogens with one attached hydrogen (secondary N) is 4. The number of piperazine rings is 1. The molecule has 1 unspecified atom stereocenters. The van der Waals surface area contributed by atoms with Crippen molar-refractivity contribution in [3.05, 3.63) is 59.2 Å². The van der Waals surface area contributed by atoms with E-state index < -0.39 is 50.9 Å². The van der Waals surface area contributed by atoms with E-state index in [1.807, 2.05) is 0 Å². The Morgan fingerprint density at radius 3 is 2.30 bits per heavy atom. The van der Waals surface area contributed by atoms with E-state index in [1.54, 1.807) is 0 Å². The minimum Gasteiger partial charge on any atom is -0.384 e. The van der Waals surface area contributed by atoms with E-state index >= 15 is 0 Å². The van der Waals surface area contributed by atoms with Crippen molar-refractivity contribution >= 4 is 33.4 Å². The molecule has 1 saturated heterocycles. The van der Waals surface area contributed by atoms with Gasteiger partial charge in [0.1, 0.15) is 12.3 Å². The second-order valence-corrected chi connectivity index (χ2v) is 10.3. The van der Waals surface area contributed by atoms with Gasteiger partial charge < -0.3 is 21.7 Å². The van der Waals surface area contributed by atoms with Crippen LogP contribution in [0.3, 0.4) is 0 Å². The summed E-state index contributed by atoms with van der Waals surface area (Å²) in [4.78, 5) is 23.7. The second kappa shape index (κ2) is 11.3. The SMILES string of the molecule is CC(NC(=O)CC(=O)Nc1ccc(C(=N)N)cc1)c1ccc(S(=O)(=O)N2CCNCC2)c(C(F)(F)F)c1. The number of hydrogen-bond donors (Lipinski definition) is 5. The Balaban J connectivity index is 1.70. The van der Waals surface area contributed by atoms with Gasteiger partial charge in [-0.25, -0.2) is 8.42 Å². The number of halogens is 3. The molecule has 0 bridgehead atoms. The first-order chi connectivity index (χ1) is 17.3. The molecule has 200 valence electrons. The summed E-state index contributed by atoms with van der Waals surface area (Å²) in [5.41, 5.74) is 4.89. The van der Waals surface area contributed by atoms with Crippen molar-refractivity contribution in [3.63, 3.8) is 0 Å². The summed E-state index contributed by atoms with van der Waals surface area (Å²) in [7, 11) is -4.38. The highest BCUT2D eigenvalue weighted by molar-refractivity contribution is 7.89. The van der Waals surface area contributed by atoms with Gasteiger partial charge in [-0.05, 0) is 48.9 Å². The molecule has 2 aromatic rings. The number of carbonyl (C=O) groups excluding carboxylic acids is 2. The van der Waals surface area contributed by atoms with Crippen molar-refractivity contribution in [1.29, 1.82) is 5.41 Å². The molecule has 6 N–H and O–H groups in total.